The number of allylic oxidation sites excluding steroid dienone is 3. The van der Waals surface area contributed by atoms with Gasteiger partial charge in [0, 0.05) is 36.9 Å². The standard InChI is InChI=1S/C44H34N4S/c45-43(32-14-6-2-7-15-32)46-44(33-16-8-3-9-17-33)47-48-38-27-26-36-35-18-10-11-19-40(35)49-42(36)41(38)37-25-24-34(28-39(37)48)31-22-20-30(21-23-31)29-12-4-1-5-13-29/h1-14,16-28,32,44,47H,15H2,(H2,45,46). The van der Waals surface area contributed by atoms with Gasteiger partial charge in [0.05, 0.1) is 11.0 Å². The maximum Gasteiger partial charge on any atom is 0.160 e. The van der Waals surface area contributed by atoms with Gasteiger partial charge in [0.15, 0.2) is 6.17 Å². The number of aliphatic imine (C=N–C) groups is 1. The van der Waals surface area contributed by atoms with E-state index in [0.29, 0.717) is 5.84 Å². The highest BCUT2D eigenvalue weighted by Gasteiger charge is 2.21. The summed E-state index contributed by atoms with van der Waals surface area (Å²) in [5.74, 6) is 0.689. The van der Waals surface area contributed by atoms with Crippen LogP contribution in [-0.4, -0.2) is 10.5 Å². The number of amidine groups is 1. The van der Waals surface area contributed by atoms with Crippen molar-refractivity contribution in [3.63, 3.8) is 0 Å². The van der Waals surface area contributed by atoms with Crippen LogP contribution in [0.3, 0.4) is 0 Å². The first-order valence-electron chi connectivity index (χ1n) is 16.7. The van der Waals surface area contributed by atoms with E-state index in [1.807, 2.05) is 17.4 Å². The summed E-state index contributed by atoms with van der Waals surface area (Å²) < 4.78 is 4.83. The van der Waals surface area contributed by atoms with E-state index < -0.39 is 6.17 Å². The fourth-order valence-corrected chi connectivity index (χ4v) is 8.33. The Labute approximate surface area is 289 Å². The van der Waals surface area contributed by atoms with Crippen LogP contribution in [0.25, 0.3) is 64.2 Å². The molecule has 0 saturated carbocycles. The second kappa shape index (κ2) is 12.3. The molecule has 2 aromatic heterocycles. The molecule has 3 N–H and O–H groups in total. The number of nitrogens with two attached hydrogens (primary N) is 1. The molecule has 0 aliphatic heterocycles. The molecular weight excluding hydrogens is 617 g/mol. The van der Waals surface area contributed by atoms with Crippen molar-refractivity contribution in [2.45, 2.75) is 12.6 Å². The lowest BCUT2D eigenvalue weighted by Crippen LogP contribution is -2.27. The molecule has 4 nitrogen and oxygen atoms in total. The van der Waals surface area contributed by atoms with E-state index in [1.165, 1.54) is 47.6 Å². The van der Waals surface area contributed by atoms with E-state index >= 15 is 0 Å². The number of thiophene rings is 1. The molecular formula is C44H34N4S. The van der Waals surface area contributed by atoms with Crippen LogP contribution < -0.4 is 11.2 Å². The number of fused-ring (bicyclic) bond motifs is 7. The molecule has 49 heavy (non-hydrogen) atoms. The highest BCUT2D eigenvalue weighted by molar-refractivity contribution is 7.26. The van der Waals surface area contributed by atoms with Gasteiger partial charge in [0.25, 0.3) is 0 Å². The smallest absolute Gasteiger partial charge is 0.160 e. The van der Waals surface area contributed by atoms with Crippen molar-refractivity contribution < 1.29 is 0 Å². The van der Waals surface area contributed by atoms with Gasteiger partial charge in [-0.3, -0.25) is 10.1 Å². The van der Waals surface area contributed by atoms with Crippen LogP contribution in [0.4, 0.5) is 0 Å². The Morgan fingerprint density at radius 1 is 0.673 bits per heavy atom. The molecule has 0 spiro atoms. The molecule has 2 atom stereocenters. The zero-order valence-corrected chi connectivity index (χ0v) is 27.6. The number of hydrogen-bond acceptors (Lipinski definition) is 3. The molecule has 0 fully saturated rings. The summed E-state index contributed by atoms with van der Waals surface area (Å²) >= 11 is 1.86. The van der Waals surface area contributed by atoms with Crippen LogP contribution >= 0.6 is 11.3 Å². The number of nitrogens with zero attached hydrogens (tertiary/aromatic N) is 2. The quantitative estimate of drug-likeness (QED) is 0.133. The third-order valence-corrected chi connectivity index (χ3v) is 10.8. The maximum atomic E-state index is 6.73. The van der Waals surface area contributed by atoms with Crippen LogP contribution in [0, 0.1) is 5.92 Å². The minimum atomic E-state index is -0.397. The van der Waals surface area contributed by atoms with E-state index in [-0.39, 0.29) is 5.92 Å². The lowest BCUT2D eigenvalue weighted by atomic mass is 9.99. The second-order valence-corrected chi connectivity index (χ2v) is 13.6. The van der Waals surface area contributed by atoms with Crippen molar-refractivity contribution in [3.8, 4) is 22.3 Å². The van der Waals surface area contributed by atoms with Crippen molar-refractivity contribution >= 4 is 59.2 Å². The van der Waals surface area contributed by atoms with E-state index in [1.54, 1.807) is 0 Å². The first-order chi connectivity index (χ1) is 24.2. The molecule has 9 rings (SSSR count). The van der Waals surface area contributed by atoms with Crippen LogP contribution in [0.2, 0.25) is 0 Å². The average molecular weight is 651 g/mol. The molecule has 1 aliphatic rings. The SMILES string of the molecule is NC(=NC(Nn1c2cc(-c3ccc(-c4ccccc4)cc3)ccc2c2c3sc4ccccc4c3ccc21)c1ccccc1)C1C=CC=CC1. The maximum absolute atomic E-state index is 6.73. The second-order valence-electron chi connectivity index (χ2n) is 12.6. The normalized spacial score (nSPS) is 15.4. The number of hydrogen-bond donors (Lipinski definition) is 2. The molecule has 0 amide bonds. The van der Waals surface area contributed by atoms with E-state index in [0.717, 1.165) is 28.6 Å². The highest BCUT2D eigenvalue weighted by Crippen LogP contribution is 2.43. The Balaban J connectivity index is 1.23. The number of benzene rings is 6. The zero-order valence-electron chi connectivity index (χ0n) is 26.8. The van der Waals surface area contributed by atoms with Gasteiger partial charge in [-0.2, -0.15) is 0 Å². The summed E-state index contributed by atoms with van der Waals surface area (Å²) in [5.41, 5.74) is 18.6. The van der Waals surface area contributed by atoms with Crippen LogP contribution in [0.1, 0.15) is 18.2 Å². The minimum absolute atomic E-state index is 0.0693. The van der Waals surface area contributed by atoms with Crippen LogP contribution in [-0.2, 0) is 0 Å². The number of nitrogens with one attached hydrogen (secondary N) is 1. The first kappa shape index (κ1) is 29.2. The van der Waals surface area contributed by atoms with Crippen molar-refractivity contribution in [2.75, 3.05) is 5.43 Å². The Hall–Kier alpha value is -5.91. The van der Waals surface area contributed by atoms with Gasteiger partial charge < -0.3 is 5.73 Å². The summed E-state index contributed by atoms with van der Waals surface area (Å²) in [6.45, 7) is 0. The molecule has 0 bridgehead atoms. The first-order valence-corrected chi connectivity index (χ1v) is 17.6. The molecule has 236 valence electrons. The van der Waals surface area contributed by atoms with Gasteiger partial charge in [-0.1, -0.05) is 146 Å². The van der Waals surface area contributed by atoms with Crippen molar-refractivity contribution in [3.05, 3.63) is 169 Å². The fraction of sp³-hybridized carbons (Fsp3) is 0.0682. The predicted molar refractivity (Wildman–Crippen MR) is 210 cm³/mol. The Morgan fingerprint density at radius 2 is 1.35 bits per heavy atom. The van der Waals surface area contributed by atoms with Gasteiger partial charge in [-0.05, 0) is 52.4 Å². The van der Waals surface area contributed by atoms with Gasteiger partial charge in [-0.15, -0.1) is 11.3 Å². The van der Waals surface area contributed by atoms with Gasteiger partial charge in [-0.25, -0.2) is 4.99 Å². The Bertz CT molecular complexity index is 2560. The zero-order chi connectivity index (χ0) is 32.7. The molecule has 2 unspecified atom stereocenters. The summed E-state index contributed by atoms with van der Waals surface area (Å²) in [7, 11) is 0. The van der Waals surface area contributed by atoms with Crippen molar-refractivity contribution in [1.82, 2.24) is 4.68 Å². The Kier molecular flexibility index (Phi) is 7.33. The largest absolute Gasteiger partial charge is 0.387 e. The molecule has 0 radical (unpaired) electrons. The van der Waals surface area contributed by atoms with Crippen LogP contribution in [0.5, 0.6) is 0 Å². The molecule has 1 aliphatic carbocycles. The summed E-state index contributed by atoms with van der Waals surface area (Å²) in [6, 6.07) is 49.8. The molecule has 5 heteroatoms. The van der Waals surface area contributed by atoms with Crippen molar-refractivity contribution in [2.24, 2.45) is 16.6 Å². The topological polar surface area (TPSA) is 55.3 Å². The molecule has 8 aromatic rings. The van der Waals surface area contributed by atoms with Gasteiger partial charge >= 0.3 is 0 Å². The highest BCUT2D eigenvalue weighted by atomic mass is 32.1. The molecule has 0 saturated heterocycles. The fourth-order valence-electron chi connectivity index (χ4n) is 7.07. The number of aromatic nitrogens is 1. The molecule has 6 aromatic carbocycles. The Morgan fingerprint density at radius 3 is 2.12 bits per heavy atom. The summed E-state index contributed by atoms with van der Waals surface area (Å²) in [4.78, 5) is 5.16. The lowest BCUT2D eigenvalue weighted by Gasteiger charge is -2.22. The number of rotatable bonds is 7. The van der Waals surface area contributed by atoms with E-state index in [9.17, 15) is 0 Å². The van der Waals surface area contributed by atoms with Gasteiger partial charge in [0.1, 0.15) is 5.84 Å². The predicted octanol–water partition coefficient (Wildman–Crippen LogP) is 11.2. The van der Waals surface area contributed by atoms with Crippen LogP contribution in [0.15, 0.2) is 169 Å². The van der Waals surface area contributed by atoms with Gasteiger partial charge in [0.2, 0.25) is 0 Å². The minimum Gasteiger partial charge on any atom is -0.387 e. The van der Waals surface area contributed by atoms with Crippen molar-refractivity contribution in [1.29, 1.82) is 0 Å². The summed E-state index contributed by atoms with van der Waals surface area (Å²) in [5, 5.41) is 5.03. The van der Waals surface area contributed by atoms with E-state index in [2.05, 4.69) is 168 Å². The molecule has 2 heterocycles. The monoisotopic (exact) mass is 650 g/mol. The third-order valence-electron chi connectivity index (χ3n) is 9.60. The van der Waals surface area contributed by atoms with E-state index in [4.69, 9.17) is 10.7 Å². The lowest BCUT2D eigenvalue weighted by molar-refractivity contribution is 0.713. The summed E-state index contributed by atoms with van der Waals surface area (Å²) in [6.07, 6.45) is 8.85. The third kappa shape index (κ3) is 5.29. The average Bonchev–Trinajstić information content (AvgIpc) is 3.71.